The van der Waals surface area contributed by atoms with E-state index in [0.717, 1.165) is 16.5 Å². The summed E-state index contributed by atoms with van der Waals surface area (Å²) in [6.07, 6.45) is 3.33. The Morgan fingerprint density at radius 2 is 1.91 bits per heavy atom. The van der Waals surface area contributed by atoms with E-state index >= 15 is 0 Å². The minimum Gasteiger partial charge on any atom is -0.414 e. The van der Waals surface area contributed by atoms with Gasteiger partial charge in [-0.2, -0.15) is 5.10 Å². The summed E-state index contributed by atoms with van der Waals surface area (Å²) in [5.41, 5.74) is 4.37. The Morgan fingerprint density at radius 3 is 2.62 bits per heavy atom. The SMILES string of the molecule is Cc1ccc2c(-c3cnc4[nH]cc(C(=O)NC(C)(C)CO[Si](C)(C)C(C)(C)C)c4n3)n[nH]c2c1. The van der Waals surface area contributed by atoms with Crippen LogP contribution in [0.3, 0.4) is 0 Å². The van der Waals surface area contributed by atoms with Gasteiger partial charge in [0.25, 0.3) is 5.91 Å². The average molecular weight is 479 g/mol. The number of nitrogens with zero attached hydrogens (tertiary/aromatic N) is 3. The molecule has 1 amide bonds. The first kappa shape index (κ1) is 24.1. The fourth-order valence-corrected chi connectivity index (χ4v) is 4.65. The minimum atomic E-state index is -1.93. The first-order valence-electron chi connectivity index (χ1n) is 11.5. The molecule has 180 valence electrons. The first-order chi connectivity index (χ1) is 15.8. The van der Waals surface area contributed by atoms with Crippen molar-refractivity contribution in [3.05, 3.63) is 41.7 Å². The first-order valence-corrected chi connectivity index (χ1v) is 14.4. The second-order valence-corrected chi connectivity index (χ2v) is 16.0. The molecule has 3 N–H and O–H groups in total. The number of H-pyrrole nitrogens is 2. The van der Waals surface area contributed by atoms with E-state index in [4.69, 9.17) is 9.41 Å². The molecule has 1 aromatic carbocycles. The van der Waals surface area contributed by atoms with E-state index in [2.05, 4.69) is 59.3 Å². The van der Waals surface area contributed by atoms with E-state index in [0.29, 0.717) is 34.7 Å². The standard InChI is InChI=1S/C25H34N6O2Si/c1-15-9-10-16-18(11-15)30-31-20(16)19-13-27-22-21(28-19)17(12-26-22)23(32)29-25(5,6)14-33-34(7,8)24(2,3)4/h9-13H,14H2,1-8H3,(H,26,27)(H,29,32)(H,30,31). The highest BCUT2D eigenvalue weighted by Gasteiger charge is 2.38. The smallest absolute Gasteiger partial charge is 0.255 e. The van der Waals surface area contributed by atoms with Crippen LogP contribution in [0.1, 0.15) is 50.5 Å². The van der Waals surface area contributed by atoms with E-state index in [-0.39, 0.29) is 10.9 Å². The van der Waals surface area contributed by atoms with Crippen LogP contribution in [-0.2, 0) is 4.43 Å². The highest BCUT2D eigenvalue weighted by Crippen LogP contribution is 2.37. The number of benzene rings is 1. The summed E-state index contributed by atoms with van der Waals surface area (Å²) in [5.74, 6) is -0.218. The lowest BCUT2D eigenvalue weighted by molar-refractivity contribution is 0.0876. The lowest BCUT2D eigenvalue weighted by atomic mass is 10.1. The fraction of sp³-hybridized carbons (Fsp3) is 0.440. The molecular weight excluding hydrogens is 444 g/mol. The summed E-state index contributed by atoms with van der Waals surface area (Å²) in [6.45, 7) is 17.5. The van der Waals surface area contributed by atoms with Gasteiger partial charge in [0.05, 0.1) is 29.4 Å². The van der Waals surface area contributed by atoms with Crippen LogP contribution < -0.4 is 5.32 Å². The molecule has 3 heterocycles. The average Bonchev–Trinajstić information content (AvgIpc) is 3.34. The van der Waals surface area contributed by atoms with Gasteiger partial charge in [0.15, 0.2) is 14.0 Å². The van der Waals surface area contributed by atoms with Gasteiger partial charge in [-0.3, -0.25) is 9.89 Å². The molecule has 0 aliphatic carbocycles. The van der Waals surface area contributed by atoms with E-state index in [1.165, 1.54) is 0 Å². The number of fused-ring (bicyclic) bond motifs is 2. The Morgan fingerprint density at radius 1 is 1.18 bits per heavy atom. The highest BCUT2D eigenvalue weighted by molar-refractivity contribution is 6.74. The summed E-state index contributed by atoms with van der Waals surface area (Å²) in [5, 5.41) is 11.7. The van der Waals surface area contributed by atoms with E-state index in [9.17, 15) is 4.79 Å². The molecule has 8 nitrogen and oxygen atoms in total. The normalized spacial score (nSPS) is 13.1. The van der Waals surface area contributed by atoms with Crippen molar-refractivity contribution in [3.8, 4) is 11.4 Å². The molecule has 4 aromatic rings. The number of hydrogen-bond acceptors (Lipinski definition) is 5. The molecule has 0 radical (unpaired) electrons. The minimum absolute atomic E-state index is 0.102. The van der Waals surface area contributed by atoms with Gasteiger partial charge in [-0.05, 0) is 50.5 Å². The van der Waals surface area contributed by atoms with Crippen molar-refractivity contribution >= 4 is 36.3 Å². The highest BCUT2D eigenvalue weighted by atomic mass is 28.4. The molecule has 0 saturated carbocycles. The van der Waals surface area contributed by atoms with Crippen molar-refractivity contribution in [2.45, 2.75) is 65.2 Å². The Labute approximate surface area is 201 Å². The number of aromatic nitrogens is 5. The molecule has 0 unspecified atom stereocenters. The molecule has 4 rings (SSSR count). The molecule has 0 bridgehead atoms. The molecule has 3 aromatic heterocycles. The van der Waals surface area contributed by atoms with Crippen LogP contribution in [0, 0.1) is 6.92 Å². The predicted molar refractivity (Wildman–Crippen MR) is 138 cm³/mol. The predicted octanol–water partition coefficient (Wildman–Crippen LogP) is 5.34. The lowest BCUT2D eigenvalue weighted by Crippen LogP contribution is -2.51. The zero-order chi connectivity index (χ0) is 24.9. The van der Waals surface area contributed by atoms with Gasteiger partial charge in [0.1, 0.15) is 16.9 Å². The Hall–Kier alpha value is -3.04. The topological polar surface area (TPSA) is 109 Å². The van der Waals surface area contributed by atoms with Crippen LogP contribution in [0.5, 0.6) is 0 Å². The fourth-order valence-electron chi connectivity index (χ4n) is 3.50. The van der Waals surface area contributed by atoms with Crippen molar-refractivity contribution in [3.63, 3.8) is 0 Å². The third kappa shape index (κ3) is 4.62. The maximum absolute atomic E-state index is 13.2. The number of hydrogen-bond donors (Lipinski definition) is 3. The van der Waals surface area contributed by atoms with Gasteiger partial charge >= 0.3 is 0 Å². The van der Waals surface area contributed by atoms with Gasteiger partial charge in [-0.1, -0.05) is 32.9 Å². The Balaban J connectivity index is 1.59. The molecule has 34 heavy (non-hydrogen) atoms. The summed E-state index contributed by atoms with van der Waals surface area (Å²) < 4.78 is 6.36. The quantitative estimate of drug-likeness (QED) is 0.324. The second kappa shape index (κ2) is 8.32. The maximum atomic E-state index is 13.2. The lowest BCUT2D eigenvalue weighted by Gasteiger charge is -2.39. The van der Waals surface area contributed by atoms with Gasteiger partial charge < -0.3 is 14.7 Å². The number of amides is 1. The molecular formula is C25H34N6O2Si. The molecule has 9 heteroatoms. The molecule has 0 atom stereocenters. The zero-order valence-corrected chi connectivity index (χ0v) is 22.3. The number of carbonyl (C=O) groups excluding carboxylic acids is 1. The number of aromatic amines is 2. The molecule has 0 aliphatic heterocycles. The van der Waals surface area contributed by atoms with E-state index < -0.39 is 13.9 Å². The maximum Gasteiger partial charge on any atom is 0.255 e. The van der Waals surface area contributed by atoms with Crippen molar-refractivity contribution in [1.82, 2.24) is 30.5 Å². The van der Waals surface area contributed by atoms with Crippen LogP contribution in [0.4, 0.5) is 0 Å². The van der Waals surface area contributed by atoms with Crippen LogP contribution in [0.15, 0.2) is 30.6 Å². The van der Waals surface area contributed by atoms with Crippen LogP contribution in [-0.4, -0.2) is 51.5 Å². The van der Waals surface area contributed by atoms with Gasteiger partial charge in [-0.25, -0.2) is 9.97 Å². The number of aryl methyl sites for hydroxylation is 1. The summed E-state index contributed by atoms with van der Waals surface area (Å²) in [6, 6.07) is 6.10. The van der Waals surface area contributed by atoms with E-state index in [1.54, 1.807) is 12.4 Å². The van der Waals surface area contributed by atoms with Crippen LogP contribution >= 0.6 is 0 Å². The number of rotatable bonds is 6. The van der Waals surface area contributed by atoms with E-state index in [1.807, 2.05) is 39.0 Å². The largest absolute Gasteiger partial charge is 0.414 e. The summed E-state index contributed by atoms with van der Waals surface area (Å²) in [4.78, 5) is 25.5. The molecule has 0 saturated heterocycles. The molecule has 0 fully saturated rings. The van der Waals surface area contributed by atoms with Crippen LogP contribution in [0.25, 0.3) is 33.5 Å². The number of nitrogens with one attached hydrogen (secondary N) is 3. The zero-order valence-electron chi connectivity index (χ0n) is 21.3. The van der Waals surface area contributed by atoms with Gasteiger partial charge in [-0.15, -0.1) is 0 Å². The number of carbonyl (C=O) groups is 1. The monoisotopic (exact) mass is 478 g/mol. The Kier molecular flexibility index (Phi) is 5.89. The summed E-state index contributed by atoms with van der Waals surface area (Å²) >= 11 is 0. The second-order valence-electron chi connectivity index (χ2n) is 11.2. The van der Waals surface area contributed by atoms with Crippen molar-refractivity contribution in [2.24, 2.45) is 0 Å². The molecule has 0 aliphatic rings. The van der Waals surface area contributed by atoms with Crippen molar-refractivity contribution in [2.75, 3.05) is 6.61 Å². The van der Waals surface area contributed by atoms with Crippen LogP contribution in [0.2, 0.25) is 18.1 Å². The van der Waals surface area contributed by atoms with Gasteiger partial charge in [0.2, 0.25) is 0 Å². The van der Waals surface area contributed by atoms with Crippen molar-refractivity contribution < 1.29 is 9.22 Å². The van der Waals surface area contributed by atoms with Crippen molar-refractivity contribution in [1.29, 1.82) is 0 Å². The summed E-state index contributed by atoms with van der Waals surface area (Å²) in [7, 11) is -1.93. The third-order valence-corrected chi connectivity index (χ3v) is 11.1. The third-order valence-electron chi connectivity index (χ3n) is 6.64. The Bertz CT molecular complexity index is 1360. The molecule has 0 spiro atoms. The van der Waals surface area contributed by atoms with Gasteiger partial charge in [0, 0.05) is 11.6 Å².